The summed E-state index contributed by atoms with van der Waals surface area (Å²) in [7, 11) is 0. The molecule has 1 amide bonds. The zero-order valence-electron chi connectivity index (χ0n) is 11.4. The summed E-state index contributed by atoms with van der Waals surface area (Å²) >= 11 is 0. The van der Waals surface area contributed by atoms with E-state index in [-0.39, 0.29) is 5.91 Å². The Morgan fingerprint density at radius 2 is 2.25 bits per heavy atom. The summed E-state index contributed by atoms with van der Waals surface area (Å²) in [6.07, 6.45) is 6.76. The average Bonchev–Trinajstić information content (AvgIpc) is 3.11. The van der Waals surface area contributed by atoms with Crippen LogP contribution >= 0.6 is 0 Å². The first kappa shape index (κ1) is 11.8. The van der Waals surface area contributed by atoms with Gasteiger partial charge in [-0.2, -0.15) is 0 Å². The molecule has 6 heteroatoms. The quantitative estimate of drug-likeness (QED) is 0.895. The number of hydrogen-bond donors (Lipinski definition) is 1. The normalized spacial score (nSPS) is 28.1. The number of fused-ring (bicyclic) bond motifs is 3. The maximum absolute atomic E-state index is 12.4. The predicted octanol–water partition coefficient (Wildman–Crippen LogP) is 1.35. The molecule has 0 spiro atoms. The molecule has 0 radical (unpaired) electrons. The Labute approximate surface area is 116 Å². The lowest BCUT2D eigenvalue weighted by atomic mass is 9.95. The summed E-state index contributed by atoms with van der Waals surface area (Å²) < 4.78 is 1.65. The van der Waals surface area contributed by atoms with E-state index in [1.54, 1.807) is 10.6 Å². The molecule has 0 unspecified atom stereocenters. The molecule has 2 fully saturated rings. The van der Waals surface area contributed by atoms with E-state index in [0.29, 0.717) is 23.6 Å². The topological polar surface area (TPSA) is 72.2 Å². The van der Waals surface area contributed by atoms with E-state index in [1.807, 2.05) is 13.0 Å². The summed E-state index contributed by atoms with van der Waals surface area (Å²) in [4.78, 5) is 16.6. The minimum absolute atomic E-state index is 0.138. The van der Waals surface area contributed by atoms with E-state index in [4.69, 9.17) is 0 Å². The van der Waals surface area contributed by atoms with Gasteiger partial charge in [-0.3, -0.25) is 9.20 Å². The van der Waals surface area contributed by atoms with Gasteiger partial charge in [0.05, 0.1) is 0 Å². The van der Waals surface area contributed by atoms with Gasteiger partial charge in [-0.05, 0) is 44.1 Å². The van der Waals surface area contributed by atoms with E-state index in [2.05, 4.69) is 20.5 Å². The van der Waals surface area contributed by atoms with Gasteiger partial charge in [-0.15, -0.1) is 10.2 Å². The van der Waals surface area contributed by atoms with E-state index in [1.165, 1.54) is 19.3 Å². The molecular formula is C14H17N5O. The number of amides is 1. The van der Waals surface area contributed by atoms with Crippen LogP contribution in [0.5, 0.6) is 0 Å². The monoisotopic (exact) mass is 271 g/mol. The number of aryl methyl sites for hydroxylation is 1. The summed E-state index contributed by atoms with van der Waals surface area (Å²) in [5, 5.41) is 11.1. The third-order valence-electron chi connectivity index (χ3n) is 4.68. The Bertz CT molecular complexity index is 679. The van der Waals surface area contributed by atoms with Gasteiger partial charge < -0.3 is 5.32 Å². The molecule has 2 saturated carbocycles. The molecule has 4 rings (SSSR count). The SMILES string of the molecule is Cc1ccn2c(C(=O)N[C@@H]3C[C@H]4CC[C@@H]3C4)nnc2n1. The Hall–Kier alpha value is -1.98. The molecule has 104 valence electrons. The first-order chi connectivity index (χ1) is 9.70. The van der Waals surface area contributed by atoms with Gasteiger partial charge in [0, 0.05) is 17.9 Å². The van der Waals surface area contributed by atoms with Gasteiger partial charge >= 0.3 is 0 Å². The van der Waals surface area contributed by atoms with Crippen molar-refractivity contribution in [3.63, 3.8) is 0 Å². The second-order valence-electron chi connectivity index (χ2n) is 6.02. The zero-order valence-corrected chi connectivity index (χ0v) is 11.4. The highest BCUT2D eigenvalue weighted by atomic mass is 16.2. The van der Waals surface area contributed by atoms with Crippen LogP contribution in [0.4, 0.5) is 0 Å². The fraction of sp³-hybridized carbons (Fsp3) is 0.571. The molecule has 0 saturated heterocycles. The number of carbonyl (C=O) groups is 1. The van der Waals surface area contributed by atoms with Gasteiger partial charge in [0.25, 0.3) is 11.7 Å². The van der Waals surface area contributed by atoms with Crippen molar-refractivity contribution in [2.45, 2.75) is 38.6 Å². The van der Waals surface area contributed by atoms with Crippen LogP contribution in [0.3, 0.4) is 0 Å². The number of nitrogens with one attached hydrogen (secondary N) is 1. The second-order valence-corrected chi connectivity index (χ2v) is 6.02. The van der Waals surface area contributed by atoms with Gasteiger partial charge in [-0.1, -0.05) is 6.42 Å². The summed E-state index contributed by atoms with van der Waals surface area (Å²) in [6, 6.07) is 2.16. The highest BCUT2D eigenvalue weighted by Gasteiger charge is 2.40. The van der Waals surface area contributed by atoms with Crippen molar-refractivity contribution in [1.29, 1.82) is 0 Å². The summed E-state index contributed by atoms with van der Waals surface area (Å²) in [5.41, 5.74) is 0.866. The first-order valence-electron chi connectivity index (χ1n) is 7.20. The lowest BCUT2D eigenvalue weighted by molar-refractivity contribution is 0.0911. The second kappa shape index (κ2) is 4.26. The third kappa shape index (κ3) is 1.78. The summed E-state index contributed by atoms with van der Waals surface area (Å²) in [5.74, 6) is 2.13. The van der Waals surface area contributed by atoms with E-state index in [0.717, 1.165) is 18.0 Å². The summed E-state index contributed by atoms with van der Waals surface area (Å²) in [6.45, 7) is 1.89. The number of carbonyl (C=O) groups excluding carboxylic acids is 1. The van der Waals surface area contributed by atoms with Gasteiger partial charge in [0.1, 0.15) is 0 Å². The van der Waals surface area contributed by atoms with Crippen LogP contribution in [0, 0.1) is 18.8 Å². The van der Waals surface area contributed by atoms with Crippen molar-refractivity contribution in [3.05, 3.63) is 23.8 Å². The predicted molar refractivity (Wildman–Crippen MR) is 72.2 cm³/mol. The van der Waals surface area contributed by atoms with E-state index < -0.39 is 0 Å². The Balaban J connectivity index is 1.58. The van der Waals surface area contributed by atoms with Crippen LogP contribution in [-0.2, 0) is 0 Å². The molecule has 2 aromatic heterocycles. The molecule has 2 heterocycles. The molecule has 1 N–H and O–H groups in total. The average molecular weight is 271 g/mol. The van der Waals surface area contributed by atoms with Crippen LogP contribution in [0.1, 0.15) is 42.0 Å². The molecule has 20 heavy (non-hydrogen) atoms. The molecule has 0 aromatic carbocycles. The van der Waals surface area contributed by atoms with Crippen molar-refractivity contribution < 1.29 is 4.79 Å². The molecule has 6 nitrogen and oxygen atoms in total. The van der Waals surface area contributed by atoms with Crippen LogP contribution in [0.2, 0.25) is 0 Å². The molecule has 2 aliphatic rings. The van der Waals surface area contributed by atoms with Gasteiger partial charge in [0.2, 0.25) is 5.82 Å². The lowest BCUT2D eigenvalue weighted by Gasteiger charge is -2.22. The molecule has 2 bridgehead atoms. The Morgan fingerprint density at radius 1 is 1.35 bits per heavy atom. The van der Waals surface area contributed by atoms with Gasteiger partial charge in [0.15, 0.2) is 0 Å². The minimum Gasteiger partial charge on any atom is -0.346 e. The lowest BCUT2D eigenvalue weighted by Crippen LogP contribution is -2.39. The fourth-order valence-electron chi connectivity index (χ4n) is 3.68. The number of hydrogen-bond acceptors (Lipinski definition) is 4. The van der Waals surface area contributed by atoms with E-state index >= 15 is 0 Å². The fourth-order valence-corrected chi connectivity index (χ4v) is 3.68. The largest absolute Gasteiger partial charge is 0.346 e. The van der Waals surface area contributed by atoms with Crippen LogP contribution in [-0.4, -0.2) is 31.5 Å². The van der Waals surface area contributed by atoms with Crippen molar-refractivity contribution in [3.8, 4) is 0 Å². The highest BCUT2D eigenvalue weighted by Crippen LogP contribution is 2.44. The zero-order chi connectivity index (χ0) is 13.7. The third-order valence-corrected chi connectivity index (χ3v) is 4.68. The minimum atomic E-state index is -0.138. The van der Waals surface area contributed by atoms with Crippen LogP contribution < -0.4 is 5.32 Å². The maximum Gasteiger partial charge on any atom is 0.289 e. The molecule has 2 aromatic rings. The van der Waals surface area contributed by atoms with Crippen molar-refractivity contribution in [2.24, 2.45) is 11.8 Å². The Kier molecular flexibility index (Phi) is 2.52. The molecular weight excluding hydrogens is 254 g/mol. The van der Waals surface area contributed by atoms with E-state index in [9.17, 15) is 4.79 Å². The highest BCUT2D eigenvalue weighted by molar-refractivity contribution is 5.91. The number of aromatic nitrogens is 4. The van der Waals surface area contributed by atoms with Gasteiger partial charge in [-0.25, -0.2) is 4.98 Å². The molecule has 3 atom stereocenters. The molecule has 2 aliphatic carbocycles. The van der Waals surface area contributed by atoms with Crippen LogP contribution in [0.25, 0.3) is 5.78 Å². The number of rotatable bonds is 2. The smallest absolute Gasteiger partial charge is 0.289 e. The van der Waals surface area contributed by atoms with Crippen molar-refractivity contribution in [2.75, 3.05) is 0 Å². The van der Waals surface area contributed by atoms with Crippen molar-refractivity contribution in [1.82, 2.24) is 24.9 Å². The number of nitrogens with zero attached hydrogens (tertiary/aromatic N) is 4. The standard InChI is InChI=1S/C14H17N5O/c1-8-4-5-19-12(17-18-14(19)15-8)13(20)16-11-7-9-2-3-10(11)6-9/h4-5,9-11H,2-3,6-7H2,1H3,(H,16,20)/t9-,10+,11+/m0/s1. The molecule has 0 aliphatic heterocycles. The van der Waals surface area contributed by atoms with Crippen molar-refractivity contribution >= 4 is 11.7 Å². The maximum atomic E-state index is 12.4. The van der Waals surface area contributed by atoms with Crippen LogP contribution in [0.15, 0.2) is 12.3 Å². The Morgan fingerprint density at radius 3 is 3.00 bits per heavy atom. The first-order valence-corrected chi connectivity index (χ1v) is 7.20.